The molecule has 2 aliphatic rings. The SMILES string of the molecule is CC1C(c2cc(N3CCC(F)(F)C3)cc(C(F)(F)F)c2)OC(=O)N1C(=O)NCc1cccc2cncnc12. The van der Waals surface area contributed by atoms with E-state index in [0.29, 0.717) is 11.1 Å². The Balaban J connectivity index is 1.37. The number of carbonyl (C=O) groups excluding carboxylic acids is 2. The Hall–Kier alpha value is -4.03. The third kappa shape index (κ3) is 4.92. The number of ether oxygens (including phenoxy) is 1. The minimum absolute atomic E-state index is 0.0191. The second-order valence-corrected chi connectivity index (χ2v) is 9.29. The van der Waals surface area contributed by atoms with Gasteiger partial charge in [0.2, 0.25) is 0 Å². The molecule has 3 amide bonds. The predicted molar refractivity (Wildman–Crippen MR) is 126 cm³/mol. The Morgan fingerprint density at radius 1 is 1.24 bits per heavy atom. The van der Waals surface area contributed by atoms with E-state index in [1.165, 1.54) is 24.2 Å². The first-order chi connectivity index (χ1) is 17.9. The van der Waals surface area contributed by atoms with E-state index >= 15 is 0 Å². The highest BCUT2D eigenvalue weighted by atomic mass is 19.4. The zero-order valence-electron chi connectivity index (χ0n) is 20.0. The van der Waals surface area contributed by atoms with Crippen LogP contribution in [0.4, 0.5) is 37.2 Å². The summed E-state index contributed by atoms with van der Waals surface area (Å²) in [5.41, 5.74) is 0.106. The molecule has 1 N–H and O–H groups in total. The van der Waals surface area contributed by atoms with E-state index in [2.05, 4.69) is 15.3 Å². The average molecular weight is 535 g/mol. The van der Waals surface area contributed by atoms with Gasteiger partial charge in [-0.1, -0.05) is 18.2 Å². The molecule has 200 valence electrons. The minimum Gasteiger partial charge on any atom is -0.439 e. The second kappa shape index (κ2) is 9.37. The summed E-state index contributed by atoms with van der Waals surface area (Å²) in [7, 11) is 0. The number of imide groups is 1. The van der Waals surface area contributed by atoms with Crippen LogP contribution in [-0.2, 0) is 17.5 Å². The van der Waals surface area contributed by atoms with Crippen LogP contribution >= 0.6 is 0 Å². The number of alkyl halides is 5. The summed E-state index contributed by atoms with van der Waals surface area (Å²) < 4.78 is 73.8. The van der Waals surface area contributed by atoms with Gasteiger partial charge >= 0.3 is 18.3 Å². The van der Waals surface area contributed by atoms with Crippen molar-refractivity contribution < 1.29 is 36.3 Å². The topological polar surface area (TPSA) is 87.7 Å². The van der Waals surface area contributed by atoms with Gasteiger partial charge in [0.1, 0.15) is 12.4 Å². The molecule has 2 aromatic carbocycles. The number of fused-ring (bicyclic) bond motifs is 1. The minimum atomic E-state index is -4.77. The molecule has 2 fully saturated rings. The van der Waals surface area contributed by atoms with Gasteiger partial charge in [0.25, 0.3) is 5.92 Å². The number of benzene rings is 2. The summed E-state index contributed by atoms with van der Waals surface area (Å²) in [5, 5.41) is 3.37. The first-order valence-electron chi connectivity index (χ1n) is 11.7. The van der Waals surface area contributed by atoms with Crippen molar-refractivity contribution in [3.8, 4) is 0 Å². The third-order valence-corrected chi connectivity index (χ3v) is 6.67. The number of cyclic esters (lactones) is 1. The molecule has 8 nitrogen and oxygen atoms in total. The lowest BCUT2D eigenvalue weighted by Crippen LogP contribution is -2.44. The molecular weight excluding hydrogens is 513 g/mol. The van der Waals surface area contributed by atoms with E-state index in [1.54, 1.807) is 24.4 Å². The van der Waals surface area contributed by atoms with Crippen molar-refractivity contribution >= 4 is 28.7 Å². The molecule has 0 saturated carbocycles. The number of para-hydroxylation sites is 1. The highest BCUT2D eigenvalue weighted by Crippen LogP contribution is 2.40. The molecule has 3 heterocycles. The van der Waals surface area contributed by atoms with Crippen molar-refractivity contribution in [1.29, 1.82) is 0 Å². The van der Waals surface area contributed by atoms with Gasteiger partial charge in [-0.3, -0.25) is 0 Å². The van der Waals surface area contributed by atoms with Crippen LogP contribution in [0, 0.1) is 0 Å². The molecule has 0 radical (unpaired) electrons. The van der Waals surface area contributed by atoms with E-state index in [0.717, 1.165) is 22.4 Å². The first-order valence-corrected chi connectivity index (χ1v) is 11.7. The number of anilines is 1. The van der Waals surface area contributed by atoms with Crippen molar-refractivity contribution in [3.05, 3.63) is 65.6 Å². The quantitative estimate of drug-likeness (QED) is 0.457. The molecule has 38 heavy (non-hydrogen) atoms. The zero-order chi connectivity index (χ0) is 27.2. The van der Waals surface area contributed by atoms with E-state index in [-0.39, 0.29) is 24.3 Å². The molecule has 13 heteroatoms. The Labute approximate surface area is 213 Å². The Morgan fingerprint density at radius 3 is 2.74 bits per heavy atom. The van der Waals surface area contributed by atoms with Crippen LogP contribution < -0.4 is 10.2 Å². The zero-order valence-corrected chi connectivity index (χ0v) is 20.0. The number of aromatic nitrogens is 2. The summed E-state index contributed by atoms with van der Waals surface area (Å²) in [4.78, 5) is 35.7. The summed E-state index contributed by atoms with van der Waals surface area (Å²) in [5.74, 6) is -3.02. The number of nitrogens with zero attached hydrogens (tertiary/aromatic N) is 4. The Bertz CT molecular complexity index is 1390. The smallest absolute Gasteiger partial charge is 0.419 e. The number of nitrogens with one attached hydrogen (secondary N) is 1. The van der Waals surface area contributed by atoms with Crippen LogP contribution in [-0.4, -0.2) is 52.0 Å². The maximum Gasteiger partial charge on any atom is 0.419 e. The fourth-order valence-electron chi connectivity index (χ4n) is 4.76. The molecule has 0 spiro atoms. The fourth-order valence-corrected chi connectivity index (χ4v) is 4.76. The molecule has 2 unspecified atom stereocenters. The Morgan fingerprint density at radius 2 is 2.03 bits per heavy atom. The van der Waals surface area contributed by atoms with Crippen molar-refractivity contribution in [3.63, 3.8) is 0 Å². The van der Waals surface area contributed by atoms with E-state index in [1.807, 2.05) is 0 Å². The van der Waals surface area contributed by atoms with Crippen LogP contribution in [0.5, 0.6) is 0 Å². The normalized spacial score (nSPS) is 21.2. The van der Waals surface area contributed by atoms with Crippen LogP contribution in [0.1, 0.15) is 36.1 Å². The standard InChI is InChI=1S/C25H22F5N5O3/c1-14-21(17-7-18(25(28,29)30)9-19(8-17)34-6-5-24(26,27)12-34)38-23(37)35(14)22(36)32-11-16-4-2-3-15-10-31-13-33-20(15)16/h2-4,7-10,13-14,21H,5-6,11-12H2,1H3,(H,32,36). The molecule has 0 aliphatic carbocycles. The van der Waals surface area contributed by atoms with Crippen molar-refractivity contribution in [2.24, 2.45) is 0 Å². The van der Waals surface area contributed by atoms with Gasteiger partial charge < -0.3 is 15.0 Å². The maximum atomic E-state index is 13.8. The lowest BCUT2D eigenvalue weighted by atomic mass is 9.99. The first kappa shape index (κ1) is 25.6. The predicted octanol–water partition coefficient (Wildman–Crippen LogP) is 5.29. The number of hydrogen-bond acceptors (Lipinski definition) is 6. The van der Waals surface area contributed by atoms with Crippen LogP contribution in [0.15, 0.2) is 48.9 Å². The van der Waals surface area contributed by atoms with Crippen LogP contribution in [0.2, 0.25) is 0 Å². The van der Waals surface area contributed by atoms with Crippen LogP contribution in [0.25, 0.3) is 10.9 Å². The van der Waals surface area contributed by atoms with Crippen molar-refractivity contribution in [2.75, 3.05) is 18.0 Å². The highest BCUT2D eigenvalue weighted by Gasteiger charge is 2.45. The summed E-state index contributed by atoms with van der Waals surface area (Å²) >= 11 is 0. The van der Waals surface area contributed by atoms with Gasteiger partial charge in [0.05, 0.1) is 23.7 Å². The molecule has 1 aromatic heterocycles. The Kier molecular flexibility index (Phi) is 6.32. The summed E-state index contributed by atoms with van der Waals surface area (Å²) in [6.07, 6.45) is -4.54. The van der Waals surface area contributed by atoms with E-state index in [4.69, 9.17) is 4.74 Å². The molecule has 2 aliphatic heterocycles. The van der Waals surface area contributed by atoms with Crippen molar-refractivity contribution in [2.45, 2.75) is 44.1 Å². The number of hydrogen-bond donors (Lipinski definition) is 1. The molecule has 2 saturated heterocycles. The van der Waals surface area contributed by atoms with Gasteiger partial charge in [-0.15, -0.1) is 0 Å². The van der Waals surface area contributed by atoms with Gasteiger partial charge in [-0.25, -0.2) is 33.2 Å². The molecular formula is C25H22F5N5O3. The number of urea groups is 1. The van der Waals surface area contributed by atoms with Crippen molar-refractivity contribution in [1.82, 2.24) is 20.2 Å². The molecule has 3 aromatic rings. The van der Waals surface area contributed by atoms with Gasteiger partial charge in [-0.2, -0.15) is 13.2 Å². The van der Waals surface area contributed by atoms with Gasteiger partial charge in [-0.05, 0) is 36.2 Å². The van der Waals surface area contributed by atoms with Gasteiger partial charge in [0, 0.05) is 36.8 Å². The molecule has 5 rings (SSSR count). The number of rotatable bonds is 4. The summed E-state index contributed by atoms with van der Waals surface area (Å²) in [6, 6.07) is 6.43. The van der Waals surface area contributed by atoms with Gasteiger partial charge in [0.15, 0.2) is 0 Å². The monoisotopic (exact) mass is 535 g/mol. The lowest BCUT2D eigenvalue weighted by molar-refractivity contribution is -0.137. The highest BCUT2D eigenvalue weighted by molar-refractivity contribution is 5.93. The van der Waals surface area contributed by atoms with E-state index < -0.39 is 54.9 Å². The molecule has 0 bridgehead atoms. The average Bonchev–Trinajstić information content (AvgIpc) is 3.39. The maximum absolute atomic E-state index is 13.8. The third-order valence-electron chi connectivity index (χ3n) is 6.67. The number of halogens is 5. The number of carbonyl (C=O) groups is 2. The fraction of sp³-hybridized carbons (Fsp3) is 0.360. The number of amides is 3. The molecule has 2 atom stereocenters. The summed E-state index contributed by atoms with van der Waals surface area (Å²) in [6.45, 7) is 0.637. The largest absolute Gasteiger partial charge is 0.439 e. The van der Waals surface area contributed by atoms with E-state index in [9.17, 15) is 31.5 Å². The lowest BCUT2D eigenvalue weighted by Gasteiger charge is -2.24. The second-order valence-electron chi connectivity index (χ2n) is 9.29. The van der Waals surface area contributed by atoms with Crippen LogP contribution in [0.3, 0.4) is 0 Å².